The summed E-state index contributed by atoms with van der Waals surface area (Å²) in [6.07, 6.45) is 0. The predicted octanol–water partition coefficient (Wildman–Crippen LogP) is 1.09. The minimum Gasteiger partial charge on any atom is -0.504 e. The fourth-order valence-electron chi connectivity index (χ4n) is 0.738. The average Bonchev–Trinajstić information content (AvgIpc) is 2.18. The van der Waals surface area contributed by atoms with Gasteiger partial charge in [-0.3, -0.25) is 0 Å². The minimum absolute atomic E-state index is 0.216. The van der Waals surface area contributed by atoms with Crippen molar-refractivity contribution in [2.45, 2.75) is 11.8 Å². The Morgan fingerprint density at radius 3 is 2.64 bits per heavy atom. The maximum absolute atomic E-state index is 11.2. The normalized spacial score (nSPS) is 12.6. The summed E-state index contributed by atoms with van der Waals surface area (Å²) in [5, 5.41) is 18.1. The van der Waals surface area contributed by atoms with Crippen LogP contribution in [0.15, 0.2) is 23.1 Å². The molecule has 2 N–H and O–H groups in total. The van der Waals surface area contributed by atoms with Gasteiger partial charge in [0.1, 0.15) is 0 Å². The number of aromatic hydroxyl groups is 2. The quantitative estimate of drug-likeness (QED) is 0.449. The van der Waals surface area contributed by atoms with Gasteiger partial charge in [-0.1, -0.05) is 0 Å². The molecule has 0 amide bonds. The van der Waals surface area contributed by atoms with E-state index in [9.17, 15) is 4.21 Å². The standard InChI is InChI=1S/C8H10O5S/c1-2-12-13-14(11)6-3-4-7(9)8(10)5-6/h3-5,9-10H,2H2,1H3. The van der Waals surface area contributed by atoms with E-state index in [-0.39, 0.29) is 23.0 Å². The molecule has 0 aliphatic rings. The van der Waals surface area contributed by atoms with E-state index in [2.05, 4.69) is 9.22 Å². The summed E-state index contributed by atoms with van der Waals surface area (Å²) >= 11 is -1.80. The summed E-state index contributed by atoms with van der Waals surface area (Å²) in [4.78, 5) is 4.69. The number of hydrogen-bond donors (Lipinski definition) is 2. The third-order valence-electron chi connectivity index (χ3n) is 1.37. The van der Waals surface area contributed by atoms with E-state index < -0.39 is 11.1 Å². The molecule has 0 aromatic heterocycles. The third kappa shape index (κ3) is 2.69. The molecule has 0 radical (unpaired) electrons. The van der Waals surface area contributed by atoms with Crippen molar-refractivity contribution in [3.63, 3.8) is 0 Å². The number of phenols is 2. The van der Waals surface area contributed by atoms with E-state index in [1.54, 1.807) is 6.92 Å². The Hall–Kier alpha value is -1.11. The smallest absolute Gasteiger partial charge is 0.220 e. The predicted molar refractivity (Wildman–Crippen MR) is 48.9 cm³/mol. The van der Waals surface area contributed by atoms with Gasteiger partial charge in [0, 0.05) is 6.07 Å². The lowest BCUT2D eigenvalue weighted by Crippen LogP contribution is -1.99. The summed E-state index contributed by atoms with van der Waals surface area (Å²) in [7, 11) is 0. The van der Waals surface area contributed by atoms with Crippen molar-refractivity contribution in [1.29, 1.82) is 0 Å². The van der Waals surface area contributed by atoms with Crippen molar-refractivity contribution in [3.05, 3.63) is 18.2 Å². The van der Waals surface area contributed by atoms with E-state index in [0.29, 0.717) is 0 Å². The van der Waals surface area contributed by atoms with Crippen molar-refractivity contribution in [2.24, 2.45) is 0 Å². The molecule has 1 aromatic carbocycles. The van der Waals surface area contributed by atoms with Crippen LogP contribution in [-0.4, -0.2) is 21.0 Å². The lowest BCUT2D eigenvalue weighted by molar-refractivity contribution is -0.191. The molecule has 5 nitrogen and oxygen atoms in total. The Bertz CT molecular complexity index is 339. The Kier molecular flexibility index (Phi) is 3.87. The molecule has 0 saturated heterocycles. The number of phenolic OH excluding ortho intramolecular Hbond substituents is 2. The second-order valence-corrected chi connectivity index (χ2v) is 3.44. The minimum atomic E-state index is -1.80. The molecule has 0 aliphatic heterocycles. The first-order chi connectivity index (χ1) is 6.65. The van der Waals surface area contributed by atoms with Crippen molar-refractivity contribution in [1.82, 2.24) is 0 Å². The van der Waals surface area contributed by atoms with Gasteiger partial charge in [0.25, 0.3) is 0 Å². The van der Waals surface area contributed by atoms with Gasteiger partial charge >= 0.3 is 0 Å². The van der Waals surface area contributed by atoms with Crippen molar-refractivity contribution in [3.8, 4) is 11.5 Å². The van der Waals surface area contributed by atoms with E-state index >= 15 is 0 Å². The van der Waals surface area contributed by atoms with Crippen LogP contribution in [0, 0.1) is 0 Å². The lowest BCUT2D eigenvalue weighted by atomic mass is 10.3. The monoisotopic (exact) mass is 218 g/mol. The van der Waals surface area contributed by atoms with Gasteiger partial charge in [-0.25, -0.2) is 9.10 Å². The molecular weight excluding hydrogens is 208 g/mol. The summed E-state index contributed by atoms with van der Waals surface area (Å²) < 4.78 is 15.7. The highest BCUT2D eigenvalue weighted by atomic mass is 32.2. The SMILES string of the molecule is CCOOS(=O)c1ccc(O)c(O)c1. The van der Waals surface area contributed by atoms with Crippen LogP contribution in [-0.2, 0) is 20.3 Å². The molecule has 1 atom stereocenters. The van der Waals surface area contributed by atoms with Crippen LogP contribution in [0.25, 0.3) is 0 Å². The zero-order chi connectivity index (χ0) is 10.6. The van der Waals surface area contributed by atoms with Crippen molar-refractivity contribution < 1.29 is 23.6 Å². The fourth-order valence-corrected chi connectivity index (χ4v) is 1.39. The molecule has 6 heteroatoms. The molecule has 78 valence electrons. The second-order valence-electron chi connectivity index (χ2n) is 2.36. The van der Waals surface area contributed by atoms with Gasteiger partial charge in [-0.05, 0) is 19.1 Å². The lowest BCUT2D eigenvalue weighted by Gasteiger charge is -2.02. The first-order valence-electron chi connectivity index (χ1n) is 3.89. The first kappa shape index (κ1) is 11.0. The Morgan fingerprint density at radius 2 is 2.07 bits per heavy atom. The molecule has 1 rings (SSSR count). The molecular formula is C8H10O5S. The molecule has 1 unspecified atom stereocenters. The van der Waals surface area contributed by atoms with Gasteiger partial charge in [-0.15, -0.1) is 4.33 Å². The Morgan fingerprint density at radius 1 is 1.36 bits per heavy atom. The number of benzene rings is 1. The van der Waals surface area contributed by atoms with Gasteiger partial charge in [-0.2, -0.15) is 0 Å². The number of hydrogen-bond acceptors (Lipinski definition) is 5. The maximum atomic E-state index is 11.2. The average molecular weight is 218 g/mol. The van der Waals surface area contributed by atoms with Gasteiger partial charge < -0.3 is 10.2 Å². The zero-order valence-electron chi connectivity index (χ0n) is 7.47. The zero-order valence-corrected chi connectivity index (χ0v) is 8.28. The Labute approximate surface area is 83.5 Å². The highest BCUT2D eigenvalue weighted by molar-refractivity contribution is 7.80. The maximum Gasteiger partial charge on any atom is 0.220 e. The fraction of sp³-hybridized carbons (Fsp3) is 0.250. The highest BCUT2D eigenvalue weighted by Gasteiger charge is 2.08. The highest BCUT2D eigenvalue weighted by Crippen LogP contribution is 2.26. The molecule has 0 fully saturated rings. The van der Waals surface area contributed by atoms with Crippen molar-refractivity contribution in [2.75, 3.05) is 6.61 Å². The van der Waals surface area contributed by atoms with Gasteiger partial charge in [0.05, 0.1) is 11.5 Å². The summed E-state index contributed by atoms with van der Waals surface area (Å²) in [5.41, 5.74) is 0. The van der Waals surface area contributed by atoms with Gasteiger partial charge in [0.2, 0.25) is 11.1 Å². The molecule has 0 aliphatic carbocycles. The van der Waals surface area contributed by atoms with E-state index in [1.165, 1.54) is 12.1 Å². The summed E-state index contributed by atoms with van der Waals surface area (Å²) in [6.45, 7) is 1.96. The molecule has 0 spiro atoms. The van der Waals surface area contributed by atoms with E-state index in [4.69, 9.17) is 10.2 Å². The van der Waals surface area contributed by atoms with Crippen LogP contribution < -0.4 is 0 Å². The molecule has 1 aromatic rings. The third-order valence-corrected chi connectivity index (χ3v) is 2.23. The van der Waals surface area contributed by atoms with E-state index in [1.807, 2.05) is 0 Å². The molecule has 0 saturated carbocycles. The van der Waals surface area contributed by atoms with Crippen LogP contribution in [0.2, 0.25) is 0 Å². The second kappa shape index (κ2) is 4.94. The van der Waals surface area contributed by atoms with Crippen LogP contribution in [0.4, 0.5) is 0 Å². The first-order valence-corrected chi connectivity index (χ1v) is 4.96. The van der Waals surface area contributed by atoms with E-state index in [0.717, 1.165) is 6.07 Å². The van der Waals surface area contributed by atoms with Crippen molar-refractivity contribution >= 4 is 11.1 Å². The van der Waals surface area contributed by atoms with Crippen LogP contribution in [0.3, 0.4) is 0 Å². The van der Waals surface area contributed by atoms with Gasteiger partial charge in [0.15, 0.2) is 11.5 Å². The molecule has 0 heterocycles. The topological polar surface area (TPSA) is 76.0 Å². The summed E-state index contributed by atoms with van der Waals surface area (Å²) in [5.74, 6) is -0.627. The number of rotatable bonds is 4. The van der Waals surface area contributed by atoms with Crippen LogP contribution >= 0.6 is 0 Å². The largest absolute Gasteiger partial charge is 0.504 e. The van der Waals surface area contributed by atoms with Crippen LogP contribution in [0.5, 0.6) is 11.5 Å². The Balaban J connectivity index is 2.76. The summed E-state index contributed by atoms with van der Waals surface area (Å²) in [6, 6.07) is 3.73. The molecule has 0 bridgehead atoms. The van der Waals surface area contributed by atoms with Crippen LogP contribution in [0.1, 0.15) is 6.92 Å². The molecule has 14 heavy (non-hydrogen) atoms.